The summed E-state index contributed by atoms with van der Waals surface area (Å²) < 4.78 is 34.6. The minimum absolute atomic E-state index is 0.0704. The van der Waals surface area contributed by atoms with Gasteiger partial charge >= 0.3 is 0 Å². The van der Waals surface area contributed by atoms with Gasteiger partial charge in [0.15, 0.2) is 0 Å². The summed E-state index contributed by atoms with van der Waals surface area (Å²) in [4.78, 5) is 29.6. The van der Waals surface area contributed by atoms with Crippen LogP contribution in [0.5, 0.6) is 5.75 Å². The van der Waals surface area contributed by atoms with Gasteiger partial charge in [0.05, 0.1) is 17.7 Å². The van der Waals surface area contributed by atoms with E-state index in [4.69, 9.17) is 4.74 Å². The normalized spacial score (nSPS) is 14.5. The smallest absolute Gasteiger partial charge is 0.264 e. The molecule has 1 fully saturated rings. The molecule has 3 aromatic rings. The second-order valence-electron chi connectivity index (χ2n) is 11.3. The number of hydrogen-bond donors (Lipinski definition) is 1. The number of carbonyl (C=O) groups is 2. The van der Waals surface area contributed by atoms with Crippen molar-refractivity contribution in [2.24, 2.45) is 0 Å². The summed E-state index contributed by atoms with van der Waals surface area (Å²) in [7, 11) is -2.65. The molecule has 2 amide bonds. The van der Waals surface area contributed by atoms with Crippen molar-refractivity contribution in [2.45, 2.75) is 82.8 Å². The van der Waals surface area contributed by atoms with Gasteiger partial charge in [-0.05, 0) is 62.9 Å². The minimum Gasteiger partial charge on any atom is -0.497 e. The Morgan fingerprint density at radius 1 is 0.930 bits per heavy atom. The summed E-state index contributed by atoms with van der Waals surface area (Å²) in [5, 5.41) is 3.18. The maximum atomic E-state index is 14.3. The lowest BCUT2D eigenvalue weighted by molar-refractivity contribution is -0.140. The maximum absolute atomic E-state index is 14.3. The van der Waals surface area contributed by atoms with Crippen LogP contribution in [0.3, 0.4) is 0 Å². The highest BCUT2D eigenvalue weighted by molar-refractivity contribution is 7.92. The van der Waals surface area contributed by atoms with E-state index in [9.17, 15) is 18.0 Å². The molecule has 0 bridgehead atoms. The van der Waals surface area contributed by atoms with Crippen LogP contribution >= 0.6 is 0 Å². The van der Waals surface area contributed by atoms with Gasteiger partial charge < -0.3 is 15.0 Å². The Balaban J connectivity index is 1.72. The first-order valence-corrected chi connectivity index (χ1v) is 16.4. The van der Waals surface area contributed by atoms with Crippen molar-refractivity contribution < 1.29 is 22.7 Å². The van der Waals surface area contributed by atoms with Crippen LogP contribution in [-0.4, -0.2) is 50.9 Å². The third kappa shape index (κ3) is 8.16. The molecule has 0 spiro atoms. The molecule has 0 heterocycles. The third-order valence-corrected chi connectivity index (χ3v) is 9.79. The number of hydrogen-bond acceptors (Lipinski definition) is 5. The summed E-state index contributed by atoms with van der Waals surface area (Å²) >= 11 is 0. The number of anilines is 1. The van der Waals surface area contributed by atoms with E-state index in [0.29, 0.717) is 17.9 Å². The van der Waals surface area contributed by atoms with E-state index in [1.165, 1.54) is 12.0 Å². The Morgan fingerprint density at radius 2 is 1.63 bits per heavy atom. The van der Waals surface area contributed by atoms with Crippen LogP contribution in [0.25, 0.3) is 0 Å². The van der Waals surface area contributed by atoms with Gasteiger partial charge in [-0.2, -0.15) is 0 Å². The van der Waals surface area contributed by atoms with Gasteiger partial charge in [0.2, 0.25) is 11.8 Å². The molecule has 3 aromatic carbocycles. The van der Waals surface area contributed by atoms with Crippen LogP contribution in [0.4, 0.5) is 5.69 Å². The summed E-state index contributed by atoms with van der Waals surface area (Å²) in [5.74, 6) is -0.209. The molecule has 0 unspecified atom stereocenters. The van der Waals surface area contributed by atoms with Gasteiger partial charge in [-0.1, -0.05) is 79.8 Å². The van der Waals surface area contributed by atoms with Gasteiger partial charge in [-0.15, -0.1) is 0 Å². The second kappa shape index (κ2) is 14.6. The molecular formula is C34H43N3O5S. The van der Waals surface area contributed by atoms with E-state index >= 15 is 0 Å². The fourth-order valence-electron chi connectivity index (χ4n) is 5.60. The van der Waals surface area contributed by atoms with Crippen LogP contribution < -0.4 is 14.4 Å². The largest absolute Gasteiger partial charge is 0.497 e. The van der Waals surface area contributed by atoms with E-state index in [1.54, 1.807) is 48.5 Å². The summed E-state index contributed by atoms with van der Waals surface area (Å²) in [6.45, 7) is 5.42. The average Bonchev–Trinajstić information content (AvgIpc) is 3.00. The molecule has 1 aliphatic carbocycles. The Labute approximate surface area is 256 Å². The van der Waals surface area contributed by atoms with Crippen LogP contribution in [0.15, 0.2) is 77.7 Å². The minimum atomic E-state index is -4.15. The highest BCUT2D eigenvalue weighted by atomic mass is 32.2. The number of sulfonamides is 1. The van der Waals surface area contributed by atoms with Gasteiger partial charge in [0.25, 0.3) is 10.0 Å². The molecule has 1 N–H and O–H groups in total. The average molecular weight is 606 g/mol. The Bertz CT molecular complexity index is 1500. The molecule has 0 aromatic heterocycles. The molecule has 0 saturated heterocycles. The number of amides is 2. The zero-order valence-corrected chi connectivity index (χ0v) is 26.4. The van der Waals surface area contributed by atoms with Gasteiger partial charge in [0, 0.05) is 18.7 Å². The molecule has 230 valence electrons. The Morgan fingerprint density at radius 3 is 2.28 bits per heavy atom. The molecular weight excluding hydrogens is 562 g/mol. The second-order valence-corrected chi connectivity index (χ2v) is 13.2. The number of benzene rings is 3. The predicted octanol–water partition coefficient (Wildman–Crippen LogP) is 5.76. The van der Waals surface area contributed by atoms with Crippen LogP contribution in [0.1, 0.15) is 62.1 Å². The first-order chi connectivity index (χ1) is 20.6. The highest BCUT2D eigenvalue weighted by Gasteiger charge is 2.34. The Kier molecular flexibility index (Phi) is 10.9. The molecule has 8 nitrogen and oxygen atoms in total. The number of ether oxygens (including phenoxy) is 1. The van der Waals surface area contributed by atoms with Crippen molar-refractivity contribution >= 4 is 27.5 Å². The van der Waals surface area contributed by atoms with Crippen molar-refractivity contribution in [1.29, 1.82) is 0 Å². The fraction of sp³-hybridized carbons (Fsp3) is 0.412. The van der Waals surface area contributed by atoms with Crippen molar-refractivity contribution in [2.75, 3.05) is 18.0 Å². The van der Waals surface area contributed by atoms with Gasteiger partial charge in [-0.25, -0.2) is 8.42 Å². The van der Waals surface area contributed by atoms with E-state index in [0.717, 1.165) is 53.1 Å². The number of methoxy groups -OCH3 is 1. The van der Waals surface area contributed by atoms with Gasteiger partial charge in [-0.3, -0.25) is 13.9 Å². The summed E-state index contributed by atoms with van der Waals surface area (Å²) in [6.07, 6.45) is 5.54. The molecule has 0 radical (unpaired) electrons. The first kappa shape index (κ1) is 32.1. The fourth-order valence-corrected chi connectivity index (χ4v) is 7.01. The maximum Gasteiger partial charge on any atom is 0.264 e. The highest BCUT2D eigenvalue weighted by Crippen LogP contribution is 2.28. The number of nitrogens with zero attached hydrogens (tertiary/aromatic N) is 2. The Hall–Kier alpha value is -3.85. The molecule has 4 rings (SSSR count). The standard InChI is InChI=1S/C34H43N3O5S/c1-5-32(34(39)35-28-13-7-6-8-14-28)36(23-27-12-9-11-26(3)21-27)33(38)24-37(29-15-10-16-30(22-29)42-4)43(40,41)31-19-17-25(2)18-20-31/h9-12,15-22,28,32H,5-8,13-14,23-24H2,1-4H3,(H,35,39)/t32-/m0/s1. The quantitative estimate of drug-likeness (QED) is 0.283. The number of aryl methyl sites for hydroxylation is 2. The SMILES string of the molecule is CC[C@@H](C(=O)NC1CCCCC1)N(Cc1cccc(C)c1)C(=O)CN(c1cccc(OC)c1)S(=O)(=O)c1ccc(C)cc1. The molecule has 0 aliphatic heterocycles. The molecule has 9 heteroatoms. The van der Waals surface area contributed by atoms with E-state index in [-0.39, 0.29) is 23.4 Å². The zero-order valence-electron chi connectivity index (χ0n) is 25.6. The van der Waals surface area contributed by atoms with Crippen LogP contribution in [0.2, 0.25) is 0 Å². The lowest BCUT2D eigenvalue weighted by Gasteiger charge is -2.34. The molecule has 1 atom stereocenters. The van der Waals surface area contributed by atoms with Crippen molar-refractivity contribution in [3.63, 3.8) is 0 Å². The van der Waals surface area contributed by atoms with Crippen molar-refractivity contribution in [3.05, 3.63) is 89.5 Å². The van der Waals surface area contributed by atoms with Gasteiger partial charge in [0.1, 0.15) is 18.3 Å². The lowest BCUT2D eigenvalue weighted by atomic mass is 9.95. The topological polar surface area (TPSA) is 96.0 Å². The molecule has 1 saturated carbocycles. The number of rotatable bonds is 12. The van der Waals surface area contributed by atoms with Crippen molar-refractivity contribution in [1.82, 2.24) is 10.2 Å². The predicted molar refractivity (Wildman–Crippen MR) is 170 cm³/mol. The third-order valence-electron chi connectivity index (χ3n) is 8.00. The monoisotopic (exact) mass is 605 g/mol. The van der Waals surface area contributed by atoms with E-state index in [2.05, 4.69) is 5.32 Å². The van der Waals surface area contributed by atoms with E-state index < -0.39 is 28.5 Å². The summed E-state index contributed by atoms with van der Waals surface area (Å²) in [6, 6.07) is 20.3. The number of carbonyl (C=O) groups excluding carboxylic acids is 2. The number of nitrogens with one attached hydrogen (secondary N) is 1. The van der Waals surface area contributed by atoms with Crippen LogP contribution in [0, 0.1) is 13.8 Å². The zero-order chi connectivity index (χ0) is 31.0. The van der Waals surface area contributed by atoms with E-state index in [1.807, 2.05) is 45.0 Å². The first-order valence-electron chi connectivity index (χ1n) is 15.0. The molecule has 43 heavy (non-hydrogen) atoms. The molecule has 1 aliphatic rings. The van der Waals surface area contributed by atoms with Crippen molar-refractivity contribution in [3.8, 4) is 5.75 Å². The summed E-state index contributed by atoms with van der Waals surface area (Å²) in [5.41, 5.74) is 3.11. The van der Waals surface area contributed by atoms with Crippen LogP contribution in [-0.2, 0) is 26.2 Å². The lowest BCUT2D eigenvalue weighted by Crippen LogP contribution is -2.54.